The number of fused-ring (bicyclic) bond motifs is 1. The van der Waals surface area contributed by atoms with Crippen molar-refractivity contribution in [3.05, 3.63) is 77.2 Å². The van der Waals surface area contributed by atoms with Crippen LogP contribution in [0.5, 0.6) is 11.5 Å². The molecule has 11 heteroatoms. The van der Waals surface area contributed by atoms with Crippen LogP contribution in [0.15, 0.2) is 60.9 Å². The Bertz CT molecular complexity index is 1610. The standard InChI is InChI=1S/C32H36ClN7O3/c1-6-42-30-16-27-25(15-28(30)38-31(41)14-24(40(4)5)19-39(2)3)32(21(17-34)18-36-27)37-22-10-11-29(26(33)13-22)43-20-23-9-7-8-12-35-23/h7-13,15-16,18,24H,6,14,19-20H2,1-5H3,(H,36,37)(H,38,41). The van der Waals surface area contributed by atoms with Gasteiger partial charge in [-0.1, -0.05) is 17.7 Å². The van der Waals surface area contributed by atoms with Crippen LogP contribution in [0.2, 0.25) is 5.02 Å². The number of amides is 1. The number of rotatable bonds is 13. The molecule has 0 aliphatic heterocycles. The zero-order valence-corrected chi connectivity index (χ0v) is 25.8. The molecule has 1 amide bonds. The van der Waals surface area contributed by atoms with E-state index < -0.39 is 0 Å². The minimum atomic E-state index is -0.146. The van der Waals surface area contributed by atoms with Crippen LogP contribution in [0.4, 0.5) is 17.1 Å². The molecule has 2 aromatic heterocycles. The van der Waals surface area contributed by atoms with E-state index in [1.54, 1.807) is 30.5 Å². The predicted molar refractivity (Wildman–Crippen MR) is 170 cm³/mol. The van der Waals surface area contributed by atoms with Crippen molar-refractivity contribution in [1.82, 2.24) is 19.8 Å². The van der Waals surface area contributed by atoms with Gasteiger partial charge in [-0.15, -0.1) is 0 Å². The number of hydrogen-bond donors (Lipinski definition) is 2. The molecular weight excluding hydrogens is 566 g/mol. The van der Waals surface area contributed by atoms with Crippen molar-refractivity contribution in [2.75, 3.05) is 52.0 Å². The van der Waals surface area contributed by atoms with Crippen LogP contribution in [0.25, 0.3) is 10.9 Å². The molecule has 0 aliphatic rings. The highest BCUT2D eigenvalue weighted by Crippen LogP contribution is 2.37. The number of likely N-dealkylation sites (N-methyl/N-ethyl adjacent to an activating group) is 2. The number of hydrogen-bond acceptors (Lipinski definition) is 9. The number of ether oxygens (including phenoxy) is 2. The molecule has 10 nitrogen and oxygen atoms in total. The smallest absolute Gasteiger partial charge is 0.226 e. The van der Waals surface area contributed by atoms with Gasteiger partial charge in [0, 0.05) is 48.5 Å². The number of nitriles is 1. The second-order valence-corrected chi connectivity index (χ2v) is 10.9. The number of benzene rings is 2. The average molecular weight is 602 g/mol. The van der Waals surface area contributed by atoms with Gasteiger partial charge in [-0.05, 0) is 71.5 Å². The summed E-state index contributed by atoms with van der Waals surface area (Å²) in [6.07, 6.45) is 3.51. The molecule has 1 atom stereocenters. The van der Waals surface area contributed by atoms with Crippen LogP contribution in [-0.4, -0.2) is 73.1 Å². The topological polar surface area (TPSA) is 116 Å². The first kappa shape index (κ1) is 31.5. The molecule has 0 aliphatic carbocycles. The fraction of sp³-hybridized carbons (Fsp3) is 0.312. The van der Waals surface area contributed by atoms with Gasteiger partial charge in [0.05, 0.1) is 39.8 Å². The van der Waals surface area contributed by atoms with Gasteiger partial charge in [0.2, 0.25) is 5.91 Å². The fourth-order valence-corrected chi connectivity index (χ4v) is 4.77. The van der Waals surface area contributed by atoms with Gasteiger partial charge >= 0.3 is 0 Å². The number of nitrogens with one attached hydrogen (secondary N) is 2. The molecule has 0 radical (unpaired) electrons. The van der Waals surface area contributed by atoms with Crippen molar-refractivity contribution in [3.8, 4) is 17.6 Å². The molecule has 0 saturated heterocycles. The highest BCUT2D eigenvalue weighted by Gasteiger charge is 2.20. The maximum atomic E-state index is 13.2. The number of carbonyl (C=O) groups is 1. The van der Waals surface area contributed by atoms with Crippen LogP contribution in [0.3, 0.4) is 0 Å². The quantitative estimate of drug-likeness (QED) is 0.199. The molecule has 0 spiro atoms. The van der Waals surface area contributed by atoms with Gasteiger partial charge in [-0.25, -0.2) is 0 Å². The first-order valence-electron chi connectivity index (χ1n) is 13.9. The molecular formula is C32H36ClN7O3. The second kappa shape index (κ2) is 14.6. The highest BCUT2D eigenvalue weighted by molar-refractivity contribution is 6.32. The first-order chi connectivity index (χ1) is 20.7. The third-order valence-electron chi connectivity index (χ3n) is 6.69. The minimum Gasteiger partial charge on any atom is -0.492 e. The highest BCUT2D eigenvalue weighted by atomic mass is 35.5. The summed E-state index contributed by atoms with van der Waals surface area (Å²) in [4.78, 5) is 26.0. The van der Waals surface area contributed by atoms with E-state index in [0.717, 1.165) is 12.2 Å². The number of anilines is 3. The third-order valence-corrected chi connectivity index (χ3v) is 6.99. The van der Waals surface area contributed by atoms with E-state index in [-0.39, 0.29) is 18.6 Å². The Morgan fingerprint density at radius 3 is 2.53 bits per heavy atom. The van der Waals surface area contributed by atoms with E-state index in [2.05, 4.69) is 31.6 Å². The summed E-state index contributed by atoms with van der Waals surface area (Å²) in [5.74, 6) is 0.861. The van der Waals surface area contributed by atoms with Gasteiger partial charge in [0.1, 0.15) is 24.2 Å². The van der Waals surface area contributed by atoms with Crippen molar-refractivity contribution in [2.24, 2.45) is 0 Å². The van der Waals surface area contributed by atoms with Crippen LogP contribution < -0.4 is 20.1 Å². The zero-order chi connectivity index (χ0) is 30.9. The number of nitrogens with zero attached hydrogens (tertiary/aromatic N) is 5. The lowest BCUT2D eigenvalue weighted by Gasteiger charge is -2.27. The van der Waals surface area contributed by atoms with Crippen molar-refractivity contribution in [2.45, 2.75) is 26.0 Å². The second-order valence-electron chi connectivity index (χ2n) is 10.5. The van der Waals surface area contributed by atoms with E-state index in [1.165, 1.54) is 6.20 Å². The molecule has 1 unspecified atom stereocenters. The van der Waals surface area contributed by atoms with Gasteiger partial charge in [0.15, 0.2) is 0 Å². The summed E-state index contributed by atoms with van der Waals surface area (Å²) < 4.78 is 11.7. The molecule has 43 heavy (non-hydrogen) atoms. The van der Waals surface area contributed by atoms with Gasteiger partial charge in [0.25, 0.3) is 0 Å². The Balaban J connectivity index is 1.64. The number of aromatic nitrogens is 2. The first-order valence-corrected chi connectivity index (χ1v) is 14.3. The minimum absolute atomic E-state index is 0.0238. The Labute approximate surface area is 257 Å². The van der Waals surface area contributed by atoms with Crippen molar-refractivity contribution >= 4 is 45.5 Å². The van der Waals surface area contributed by atoms with Crippen LogP contribution in [0.1, 0.15) is 24.6 Å². The molecule has 2 heterocycles. The lowest BCUT2D eigenvalue weighted by atomic mass is 10.1. The number of carbonyl (C=O) groups excluding carboxylic acids is 1. The van der Waals surface area contributed by atoms with E-state index in [4.69, 9.17) is 21.1 Å². The Morgan fingerprint density at radius 2 is 1.88 bits per heavy atom. The summed E-state index contributed by atoms with van der Waals surface area (Å²) in [5.41, 5.74) is 3.39. The monoisotopic (exact) mass is 601 g/mol. The lowest BCUT2D eigenvalue weighted by Crippen LogP contribution is -2.40. The average Bonchev–Trinajstić information content (AvgIpc) is 2.97. The maximum Gasteiger partial charge on any atom is 0.226 e. The molecule has 2 aromatic carbocycles. The number of pyridine rings is 2. The summed E-state index contributed by atoms with van der Waals surface area (Å²) in [6, 6.07) is 16.7. The third kappa shape index (κ3) is 8.32. The molecule has 0 bridgehead atoms. The van der Waals surface area contributed by atoms with Crippen LogP contribution in [-0.2, 0) is 11.4 Å². The lowest BCUT2D eigenvalue weighted by molar-refractivity contribution is -0.117. The molecule has 4 aromatic rings. The Kier molecular flexibility index (Phi) is 10.7. The zero-order valence-electron chi connectivity index (χ0n) is 25.0. The molecule has 4 rings (SSSR count). The summed E-state index contributed by atoms with van der Waals surface area (Å²) in [6.45, 7) is 3.29. The normalized spacial score (nSPS) is 11.8. The van der Waals surface area contributed by atoms with E-state index >= 15 is 0 Å². The summed E-state index contributed by atoms with van der Waals surface area (Å²) in [5, 5.41) is 17.3. The van der Waals surface area contributed by atoms with E-state index in [9.17, 15) is 10.1 Å². The maximum absolute atomic E-state index is 13.2. The van der Waals surface area contributed by atoms with Crippen molar-refractivity contribution < 1.29 is 14.3 Å². The Hall–Kier alpha value is -4.43. The van der Waals surface area contributed by atoms with Crippen LogP contribution >= 0.6 is 11.6 Å². The Morgan fingerprint density at radius 1 is 1.07 bits per heavy atom. The van der Waals surface area contributed by atoms with Crippen molar-refractivity contribution in [1.29, 1.82) is 5.26 Å². The number of halogens is 1. The molecule has 2 N–H and O–H groups in total. The van der Waals surface area contributed by atoms with E-state index in [1.807, 2.05) is 64.3 Å². The SMILES string of the molecule is CCOc1cc2ncc(C#N)c(Nc3ccc(OCc4ccccn4)c(Cl)c3)c2cc1NC(=O)CC(CN(C)C)N(C)C. The predicted octanol–water partition coefficient (Wildman–Crippen LogP) is 5.70. The molecule has 224 valence electrons. The van der Waals surface area contributed by atoms with Gasteiger partial charge < -0.3 is 29.9 Å². The summed E-state index contributed by atoms with van der Waals surface area (Å²) in [7, 11) is 7.88. The molecule has 0 saturated carbocycles. The van der Waals surface area contributed by atoms with Crippen molar-refractivity contribution in [3.63, 3.8) is 0 Å². The molecule has 0 fully saturated rings. The summed E-state index contributed by atoms with van der Waals surface area (Å²) >= 11 is 6.55. The van der Waals surface area contributed by atoms with Gasteiger partial charge in [-0.2, -0.15) is 5.26 Å². The largest absolute Gasteiger partial charge is 0.492 e. The fourth-order valence-electron chi connectivity index (χ4n) is 4.53. The van der Waals surface area contributed by atoms with E-state index in [0.29, 0.717) is 63.1 Å². The van der Waals surface area contributed by atoms with Crippen LogP contribution in [0, 0.1) is 11.3 Å². The van der Waals surface area contributed by atoms with Gasteiger partial charge in [-0.3, -0.25) is 14.8 Å².